The average molecular weight is 550 g/mol. The lowest BCUT2D eigenvalue weighted by Gasteiger charge is -2.26. The molecule has 0 spiro atoms. The van der Waals surface area contributed by atoms with Crippen LogP contribution in [0.15, 0.2) is 71.2 Å². The first-order chi connectivity index (χ1) is 17.3. The first-order valence-electron chi connectivity index (χ1n) is 11.4. The van der Waals surface area contributed by atoms with E-state index in [1.807, 2.05) is 19.1 Å². The normalized spacial score (nSPS) is 21.1. The maximum absolute atomic E-state index is 13.8. The van der Waals surface area contributed by atoms with E-state index in [-0.39, 0.29) is 5.91 Å². The highest BCUT2D eigenvalue weighted by atomic mass is 79.9. The van der Waals surface area contributed by atoms with Crippen molar-refractivity contribution in [3.8, 4) is 11.5 Å². The van der Waals surface area contributed by atoms with Crippen LogP contribution in [-0.2, 0) is 9.59 Å². The molecule has 8 nitrogen and oxygen atoms in total. The minimum atomic E-state index is -1.03. The number of ether oxygens (including phenoxy) is 2. The fourth-order valence-corrected chi connectivity index (χ4v) is 5.29. The number of fused-ring (bicyclic) bond motifs is 1. The number of hydrazine groups is 1. The topological polar surface area (TPSA) is 88.2 Å². The van der Waals surface area contributed by atoms with Gasteiger partial charge in [0, 0.05) is 21.7 Å². The predicted octanol–water partition coefficient (Wildman–Crippen LogP) is 4.03. The number of carbonyl (C=O) groups excluding carboxylic acids is 3. The molecule has 0 aromatic heterocycles. The van der Waals surface area contributed by atoms with E-state index in [0.29, 0.717) is 28.3 Å². The van der Waals surface area contributed by atoms with Crippen LogP contribution in [0.1, 0.15) is 27.5 Å². The van der Waals surface area contributed by atoms with Gasteiger partial charge in [0.2, 0.25) is 5.91 Å². The zero-order valence-electron chi connectivity index (χ0n) is 19.9. The highest BCUT2D eigenvalue weighted by Gasteiger charge is 2.60. The van der Waals surface area contributed by atoms with Crippen molar-refractivity contribution >= 4 is 39.3 Å². The number of nitrogens with one attached hydrogen (secondary N) is 1. The van der Waals surface area contributed by atoms with E-state index in [9.17, 15) is 14.4 Å². The van der Waals surface area contributed by atoms with Gasteiger partial charge in [-0.2, -0.15) is 0 Å². The molecule has 3 aromatic rings. The maximum Gasteiger partial charge on any atom is 0.268 e. The van der Waals surface area contributed by atoms with Crippen LogP contribution in [0.4, 0.5) is 5.69 Å². The fraction of sp³-hybridized carbons (Fsp3) is 0.222. The van der Waals surface area contributed by atoms with E-state index < -0.39 is 29.8 Å². The number of rotatable bonds is 5. The highest BCUT2D eigenvalue weighted by molar-refractivity contribution is 9.10. The average Bonchev–Trinajstić information content (AvgIpc) is 3.39. The van der Waals surface area contributed by atoms with Crippen LogP contribution >= 0.6 is 15.9 Å². The van der Waals surface area contributed by atoms with E-state index >= 15 is 0 Å². The number of hydrogen-bond acceptors (Lipinski definition) is 6. The van der Waals surface area contributed by atoms with Crippen LogP contribution in [0.5, 0.6) is 11.5 Å². The van der Waals surface area contributed by atoms with Crippen molar-refractivity contribution < 1.29 is 23.9 Å². The SMILES string of the molecule is COc1ccc([C@@H]2NN(C(=O)c3cccc(Br)c3)[C@@H]3C(=O)N(c4cccc(C)c4)C(=O)[C@H]32)c(OC)c1. The van der Waals surface area contributed by atoms with Gasteiger partial charge in [-0.25, -0.2) is 10.3 Å². The summed E-state index contributed by atoms with van der Waals surface area (Å²) in [7, 11) is 3.07. The van der Waals surface area contributed by atoms with Gasteiger partial charge in [-0.15, -0.1) is 0 Å². The van der Waals surface area contributed by atoms with Gasteiger partial charge >= 0.3 is 0 Å². The summed E-state index contributed by atoms with van der Waals surface area (Å²) in [6, 6.07) is 17.7. The van der Waals surface area contributed by atoms with Gasteiger partial charge in [-0.05, 0) is 55.0 Å². The molecule has 2 aliphatic rings. The molecular formula is C27H24BrN3O5. The van der Waals surface area contributed by atoms with E-state index in [2.05, 4.69) is 21.4 Å². The largest absolute Gasteiger partial charge is 0.497 e. The number of halogens is 1. The summed E-state index contributed by atoms with van der Waals surface area (Å²) < 4.78 is 11.6. The molecule has 0 aliphatic carbocycles. The Kier molecular flexibility index (Phi) is 6.27. The molecular weight excluding hydrogens is 526 g/mol. The molecule has 184 valence electrons. The van der Waals surface area contributed by atoms with E-state index in [1.54, 1.807) is 61.7 Å². The Hall–Kier alpha value is -3.69. The number of hydrogen-bond donors (Lipinski definition) is 1. The molecule has 2 heterocycles. The van der Waals surface area contributed by atoms with E-state index in [0.717, 1.165) is 10.0 Å². The number of amides is 3. The molecule has 3 aromatic carbocycles. The van der Waals surface area contributed by atoms with Crippen LogP contribution in [-0.4, -0.2) is 43.0 Å². The number of imide groups is 1. The lowest BCUT2D eigenvalue weighted by molar-refractivity contribution is -0.123. The summed E-state index contributed by atoms with van der Waals surface area (Å²) in [6.07, 6.45) is 0. The summed E-state index contributed by atoms with van der Waals surface area (Å²) >= 11 is 3.40. The minimum Gasteiger partial charge on any atom is -0.497 e. The smallest absolute Gasteiger partial charge is 0.268 e. The van der Waals surface area contributed by atoms with Crippen LogP contribution < -0.4 is 19.8 Å². The minimum absolute atomic E-state index is 0.379. The third kappa shape index (κ3) is 3.94. The molecule has 3 amide bonds. The van der Waals surface area contributed by atoms with E-state index in [1.165, 1.54) is 17.0 Å². The van der Waals surface area contributed by atoms with Gasteiger partial charge in [0.15, 0.2) is 0 Å². The Morgan fingerprint density at radius 1 is 0.944 bits per heavy atom. The Labute approximate surface area is 216 Å². The van der Waals surface area contributed by atoms with Crippen LogP contribution in [0.2, 0.25) is 0 Å². The Morgan fingerprint density at radius 2 is 1.72 bits per heavy atom. The quantitative estimate of drug-likeness (QED) is 0.483. The van der Waals surface area contributed by atoms with Gasteiger partial charge < -0.3 is 9.47 Å². The molecule has 1 N–H and O–H groups in total. The zero-order valence-corrected chi connectivity index (χ0v) is 21.5. The molecule has 0 unspecified atom stereocenters. The second-order valence-corrected chi connectivity index (χ2v) is 9.64. The summed E-state index contributed by atoms with van der Waals surface area (Å²) in [5.74, 6) is -1.03. The third-order valence-corrected chi connectivity index (χ3v) is 7.05. The number of methoxy groups -OCH3 is 2. The van der Waals surface area contributed by atoms with Crippen molar-refractivity contribution in [2.45, 2.75) is 19.0 Å². The number of aryl methyl sites for hydroxylation is 1. The van der Waals surface area contributed by atoms with Crippen molar-refractivity contribution in [2.24, 2.45) is 5.92 Å². The third-order valence-electron chi connectivity index (χ3n) is 6.56. The van der Waals surface area contributed by atoms with Crippen molar-refractivity contribution in [3.05, 3.63) is 87.9 Å². The number of benzene rings is 3. The number of carbonyl (C=O) groups is 3. The molecule has 9 heteroatoms. The molecule has 0 saturated carbocycles. The second kappa shape index (κ2) is 9.40. The first kappa shape index (κ1) is 24.0. The number of anilines is 1. The molecule has 2 fully saturated rings. The molecule has 0 radical (unpaired) electrons. The number of nitrogens with zero attached hydrogens (tertiary/aromatic N) is 2. The van der Waals surface area contributed by atoms with Crippen LogP contribution in [0.3, 0.4) is 0 Å². The highest BCUT2D eigenvalue weighted by Crippen LogP contribution is 2.45. The summed E-state index contributed by atoms with van der Waals surface area (Å²) in [4.78, 5) is 42.4. The molecule has 36 heavy (non-hydrogen) atoms. The Balaban J connectivity index is 1.62. The van der Waals surface area contributed by atoms with Gasteiger partial charge in [-0.3, -0.25) is 19.4 Å². The van der Waals surface area contributed by atoms with Gasteiger partial charge in [0.1, 0.15) is 17.5 Å². The Bertz CT molecular complexity index is 1380. The van der Waals surface area contributed by atoms with Gasteiger partial charge in [-0.1, -0.05) is 34.1 Å². The van der Waals surface area contributed by atoms with Gasteiger partial charge in [0.05, 0.1) is 31.9 Å². The van der Waals surface area contributed by atoms with Crippen molar-refractivity contribution in [1.29, 1.82) is 0 Å². The summed E-state index contributed by atoms with van der Waals surface area (Å²) in [5, 5.41) is 1.29. The maximum atomic E-state index is 13.8. The van der Waals surface area contributed by atoms with E-state index in [4.69, 9.17) is 9.47 Å². The molecule has 2 aliphatic heterocycles. The van der Waals surface area contributed by atoms with Crippen molar-refractivity contribution in [2.75, 3.05) is 19.1 Å². The molecule has 3 atom stereocenters. The summed E-state index contributed by atoms with van der Waals surface area (Å²) in [6.45, 7) is 1.89. The standard InChI is InChI=1S/C27H24BrN3O5/c1-15-6-4-9-18(12-15)30-26(33)22-23(20-11-10-19(35-2)14-21(20)36-3)29-31(24(22)27(30)34)25(32)16-7-5-8-17(28)13-16/h4-14,22-24,29H,1-3H3/t22-,23-,24-/m0/s1. The molecule has 5 rings (SSSR count). The van der Waals surface area contributed by atoms with Gasteiger partial charge in [0.25, 0.3) is 11.8 Å². The first-order valence-corrected chi connectivity index (χ1v) is 12.1. The molecule has 2 saturated heterocycles. The predicted molar refractivity (Wildman–Crippen MR) is 137 cm³/mol. The lowest BCUT2D eigenvalue weighted by Crippen LogP contribution is -2.48. The van der Waals surface area contributed by atoms with Crippen LogP contribution in [0, 0.1) is 12.8 Å². The van der Waals surface area contributed by atoms with Crippen molar-refractivity contribution in [3.63, 3.8) is 0 Å². The fourth-order valence-electron chi connectivity index (χ4n) is 4.89. The van der Waals surface area contributed by atoms with Crippen LogP contribution in [0.25, 0.3) is 0 Å². The second-order valence-electron chi connectivity index (χ2n) is 8.72. The zero-order chi connectivity index (χ0) is 25.6. The summed E-state index contributed by atoms with van der Waals surface area (Å²) in [5.41, 5.74) is 5.58. The molecule has 0 bridgehead atoms. The monoisotopic (exact) mass is 549 g/mol. The Morgan fingerprint density at radius 3 is 2.42 bits per heavy atom. The lowest BCUT2D eigenvalue weighted by atomic mass is 9.90. The van der Waals surface area contributed by atoms with Crippen molar-refractivity contribution in [1.82, 2.24) is 10.4 Å².